The second-order valence-electron chi connectivity index (χ2n) is 7.78. The molecule has 0 aliphatic carbocycles. The van der Waals surface area contributed by atoms with E-state index in [9.17, 15) is 26.3 Å². The molecule has 1 unspecified atom stereocenters. The smallest absolute Gasteiger partial charge is 0.264 e. The Balaban J connectivity index is 3.63. The third kappa shape index (κ3) is 9.22. The number of aliphatic imine (C=N–C) groups is 1. The van der Waals surface area contributed by atoms with Crippen LogP contribution in [-0.4, -0.2) is 16.9 Å². The molecule has 0 bridgehead atoms. The molecule has 0 saturated carbocycles. The van der Waals surface area contributed by atoms with Crippen molar-refractivity contribution in [2.75, 3.05) is 0 Å². The van der Waals surface area contributed by atoms with E-state index in [0.717, 1.165) is 12.0 Å². The van der Waals surface area contributed by atoms with Gasteiger partial charge >= 0.3 is 12.4 Å². The third-order valence-corrected chi connectivity index (χ3v) is 5.11. The standard InChI is InChI=1S/C26H31F6N3/c1-7-11-12-33-16-20(9-3)19(6)17-35(10-4)34-24(18(5)8-2)21-13-22(25(27,28)29)15-23(14-21)26(30,31)32/h9-18H,4,7-8H2,1-3,5-6H3/b12-11?,19-17+,20-9+,33-16-,34-24+. The van der Waals surface area contributed by atoms with Gasteiger partial charge in [-0.15, -0.1) is 0 Å². The van der Waals surface area contributed by atoms with Crippen molar-refractivity contribution in [2.24, 2.45) is 16.0 Å². The summed E-state index contributed by atoms with van der Waals surface area (Å²) < 4.78 is 80.4. The molecule has 0 amide bonds. The summed E-state index contributed by atoms with van der Waals surface area (Å²) in [6.45, 7) is 12.7. The summed E-state index contributed by atoms with van der Waals surface area (Å²) in [6.07, 6.45) is 1.29. The average Bonchev–Trinajstić information content (AvgIpc) is 2.79. The van der Waals surface area contributed by atoms with Crippen molar-refractivity contribution < 1.29 is 26.3 Å². The van der Waals surface area contributed by atoms with E-state index in [2.05, 4.69) is 16.7 Å². The minimum Gasteiger partial charge on any atom is -0.264 e. The molecular weight excluding hydrogens is 468 g/mol. The Morgan fingerprint density at radius 2 is 1.63 bits per heavy atom. The molecule has 0 saturated heterocycles. The fraction of sp³-hybridized carbons (Fsp3) is 0.385. The van der Waals surface area contributed by atoms with Gasteiger partial charge in [0.1, 0.15) is 0 Å². The van der Waals surface area contributed by atoms with Gasteiger partial charge in [0.2, 0.25) is 0 Å². The van der Waals surface area contributed by atoms with Gasteiger partial charge < -0.3 is 0 Å². The highest BCUT2D eigenvalue weighted by Crippen LogP contribution is 2.37. The molecule has 9 heteroatoms. The lowest BCUT2D eigenvalue weighted by Crippen LogP contribution is -2.19. The number of nitrogens with zero attached hydrogens (tertiary/aromatic N) is 3. The first-order chi connectivity index (χ1) is 16.3. The predicted octanol–water partition coefficient (Wildman–Crippen LogP) is 8.76. The number of hydrogen-bond acceptors (Lipinski definition) is 3. The summed E-state index contributed by atoms with van der Waals surface area (Å²) >= 11 is 0. The molecule has 0 fully saturated rings. The highest BCUT2D eigenvalue weighted by Gasteiger charge is 2.37. The summed E-state index contributed by atoms with van der Waals surface area (Å²) in [5, 5.41) is 5.66. The third-order valence-electron chi connectivity index (χ3n) is 5.11. The molecule has 0 spiro atoms. The Hall–Kier alpha value is -3.10. The number of rotatable bonds is 10. The molecule has 0 N–H and O–H groups in total. The summed E-state index contributed by atoms with van der Waals surface area (Å²) in [7, 11) is 0. The molecule has 0 aromatic heterocycles. The minimum atomic E-state index is -4.95. The summed E-state index contributed by atoms with van der Waals surface area (Å²) in [6, 6.07) is 1.50. The van der Waals surface area contributed by atoms with Gasteiger partial charge in [-0.05, 0) is 61.6 Å². The molecule has 0 radical (unpaired) electrons. The molecule has 1 rings (SSSR count). The number of halogens is 6. The van der Waals surface area contributed by atoms with Crippen LogP contribution in [0.3, 0.4) is 0 Å². The van der Waals surface area contributed by atoms with E-state index in [0.29, 0.717) is 24.1 Å². The second kappa shape index (κ2) is 13.1. The van der Waals surface area contributed by atoms with Crippen LogP contribution < -0.4 is 0 Å². The van der Waals surface area contributed by atoms with E-state index in [4.69, 9.17) is 0 Å². The highest BCUT2D eigenvalue weighted by atomic mass is 19.4. The first kappa shape index (κ1) is 29.9. The Morgan fingerprint density at radius 3 is 2.06 bits per heavy atom. The van der Waals surface area contributed by atoms with Gasteiger partial charge in [0.15, 0.2) is 0 Å². The summed E-state index contributed by atoms with van der Waals surface area (Å²) in [4.78, 5) is 4.19. The van der Waals surface area contributed by atoms with E-state index >= 15 is 0 Å². The largest absolute Gasteiger partial charge is 0.416 e. The second-order valence-corrected chi connectivity index (χ2v) is 7.78. The van der Waals surface area contributed by atoms with Crippen molar-refractivity contribution in [3.8, 4) is 0 Å². The molecule has 0 aliphatic rings. The number of alkyl halides is 6. The monoisotopic (exact) mass is 499 g/mol. The van der Waals surface area contributed by atoms with E-state index in [1.165, 1.54) is 11.2 Å². The average molecular weight is 500 g/mol. The minimum absolute atomic E-state index is 0.0784. The number of allylic oxidation sites excluding steroid dienone is 4. The van der Waals surface area contributed by atoms with Crippen LogP contribution in [0.1, 0.15) is 64.2 Å². The Morgan fingerprint density at radius 1 is 1.06 bits per heavy atom. The topological polar surface area (TPSA) is 28.0 Å². The van der Waals surface area contributed by atoms with Gasteiger partial charge in [0.25, 0.3) is 0 Å². The lowest BCUT2D eigenvalue weighted by atomic mass is 9.93. The molecule has 1 aromatic rings. The maximum atomic E-state index is 13.4. The van der Waals surface area contributed by atoms with Crippen LogP contribution in [-0.2, 0) is 12.4 Å². The molecule has 1 atom stereocenters. The lowest BCUT2D eigenvalue weighted by molar-refractivity contribution is -0.143. The van der Waals surface area contributed by atoms with Gasteiger partial charge in [0, 0.05) is 30.7 Å². The molecule has 3 nitrogen and oxygen atoms in total. The lowest BCUT2D eigenvalue weighted by Gasteiger charge is -2.20. The van der Waals surface area contributed by atoms with Crippen molar-refractivity contribution in [1.82, 2.24) is 5.01 Å². The van der Waals surface area contributed by atoms with Crippen LogP contribution in [0.15, 0.2) is 76.8 Å². The normalized spacial score (nSPS) is 15.2. The van der Waals surface area contributed by atoms with Crippen molar-refractivity contribution in [3.63, 3.8) is 0 Å². The van der Waals surface area contributed by atoms with E-state index in [1.807, 2.05) is 26.0 Å². The van der Waals surface area contributed by atoms with Crippen LogP contribution in [0, 0.1) is 5.92 Å². The summed E-state index contributed by atoms with van der Waals surface area (Å²) in [5.74, 6) is -0.433. The Kier molecular flexibility index (Phi) is 11.2. The zero-order valence-corrected chi connectivity index (χ0v) is 20.5. The van der Waals surface area contributed by atoms with Gasteiger partial charge in [-0.25, -0.2) is 5.01 Å². The molecule has 0 aliphatic heterocycles. The number of benzene rings is 1. The zero-order valence-electron chi connectivity index (χ0n) is 20.5. The van der Waals surface area contributed by atoms with E-state index < -0.39 is 29.4 Å². The highest BCUT2D eigenvalue weighted by molar-refractivity contribution is 6.02. The zero-order chi connectivity index (χ0) is 26.8. The molecule has 0 heterocycles. The van der Waals surface area contributed by atoms with E-state index in [-0.39, 0.29) is 17.3 Å². The number of hydrogen-bond donors (Lipinski definition) is 0. The van der Waals surface area contributed by atoms with Crippen LogP contribution in [0.5, 0.6) is 0 Å². The Labute approximate surface area is 202 Å². The van der Waals surface area contributed by atoms with E-state index in [1.54, 1.807) is 39.4 Å². The molecule has 1 aromatic carbocycles. The first-order valence-corrected chi connectivity index (χ1v) is 11.1. The van der Waals surface area contributed by atoms with Gasteiger partial charge in [-0.3, -0.25) is 4.99 Å². The molecular formula is C26H31F6N3. The molecule has 35 heavy (non-hydrogen) atoms. The van der Waals surface area contributed by atoms with Crippen LogP contribution in [0.2, 0.25) is 0 Å². The van der Waals surface area contributed by atoms with Gasteiger partial charge in [-0.1, -0.05) is 39.5 Å². The van der Waals surface area contributed by atoms with Gasteiger partial charge in [-0.2, -0.15) is 31.4 Å². The molecule has 192 valence electrons. The van der Waals surface area contributed by atoms with Crippen molar-refractivity contribution in [2.45, 2.75) is 59.8 Å². The van der Waals surface area contributed by atoms with Crippen LogP contribution in [0.4, 0.5) is 26.3 Å². The Bertz CT molecular complexity index is 979. The van der Waals surface area contributed by atoms with Crippen molar-refractivity contribution >= 4 is 11.9 Å². The number of hydrazone groups is 1. The quantitative estimate of drug-likeness (QED) is 0.137. The van der Waals surface area contributed by atoms with Crippen molar-refractivity contribution in [1.29, 1.82) is 0 Å². The maximum Gasteiger partial charge on any atom is 0.416 e. The maximum absolute atomic E-state index is 13.4. The SMILES string of the molecule is C=CN(/C=C(C)/C(/C=N\C=CCC)=C/C)/N=C(/c1cc(C(F)(F)F)cc(C(F)(F)F)c1)C(C)CC. The van der Waals surface area contributed by atoms with Crippen LogP contribution in [0.25, 0.3) is 0 Å². The van der Waals surface area contributed by atoms with Crippen molar-refractivity contribution in [3.05, 3.63) is 83.4 Å². The van der Waals surface area contributed by atoms with Gasteiger partial charge in [0.05, 0.1) is 16.8 Å². The fourth-order valence-corrected chi connectivity index (χ4v) is 2.95. The summed E-state index contributed by atoms with van der Waals surface area (Å²) in [5.41, 5.74) is -1.47. The van der Waals surface area contributed by atoms with Crippen LogP contribution >= 0.6 is 0 Å². The first-order valence-electron chi connectivity index (χ1n) is 11.1. The fourth-order valence-electron chi connectivity index (χ4n) is 2.95. The predicted molar refractivity (Wildman–Crippen MR) is 130 cm³/mol.